The molecule has 0 heterocycles. The van der Waals surface area contributed by atoms with Crippen LogP contribution >= 0.6 is 0 Å². The minimum absolute atomic E-state index is 0.767. The summed E-state index contributed by atoms with van der Waals surface area (Å²) in [6.45, 7) is -3.37. The van der Waals surface area contributed by atoms with E-state index in [9.17, 15) is 9.59 Å². The number of Topliss-reactive ketones (excluding diaryl/α,β-unsaturated/α-hetero) is 2. The predicted molar refractivity (Wildman–Crippen MR) is 74.4 cm³/mol. The van der Waals surface area contributed by atoms with Crippen LogP contribution in [0.1, 0.15) is 0 Å². The molecule has 0 aromatic heterocycles. The first kappa shape index (κ1) is 25.2. The molecule has 0 aliphatic carbocycles. The van der Waals surface area contributed by atoms with Gasteiger partial charge in [-0.1, -0.05) is 0 Å². The van der Waals surface area contributed by atoms with Crippen LogP contribution < -0.4 is 0 Å². The van der Waals surface area contributed by atoms with Crippen LogP contribution in [0.15, 0.2) is 0 Å². The second-order valence-corrected chi connectivity index (χ2v) is 4.62. The van der Waals surface area contributed by atoms with Crippen molar-refractivity contribution in [1.82, 2.24) is 0 Å². The highest BCUT2D eigenvalue weighted by molar-refractivity contribution is 5.84. The second-order valence-electron chi connectivity index (χ2n) is 4.62. The van der Waals surface area contributed by atoms with Crippen molar-refractivity contribution >= 4 is 11.6 Å². The van der Waals surface area contributed by atoms with E-state index in [-0.39, 0.29) is 0 Å². The number of aliphatic hydroxyl groups is 10. The van der Waals surface area contributed by atoms with Crippen molar-refractivity contribution in [2.24, 2.45) is 0 Å². The molecule has 0 aliphatic rings. The van der Waals surface area contributed by atoms with Gasteiger partial charge in [-0.3, -0.25) is 9.59 Å². The zero-order chi connectivity index (χ0) is 19.4. The average molecular weight is 360 g/mol. The van der Waals surface area contributed by atoms with Crippen molar-refractivity contribution in [2.45, 2.75) is 36.6 Å². The highest BCUT2D eigenvalue weighted by atomic mass is 16.4. The summed E-state index contributed by atoms with van der Waals surface area (Å²) in [4.78, 5) is 21.0. The van der Waals surface area contributed by atoms with Crippen LogP contribution in [0.5, 0.6) is 0 Å². The van der Waals surface area contributed by atoms with Crippen molar-refractivity contribution in [1.29, 1.82) is 0 Å². The van der Waals surface area contributed by atoms with Gasteiger partial charge in [0.15, 0.2) is 11.6 Å². The number of hydrogen-bond acceptors (Lipinski definition) is 12. The molecule has 0 radical (unpaired) electrons. The van der Waals surface area contributed by atoms with Crippen molar-refractivity contribution in [3.8, 4) is 0 Å². The van der Waals surface area contributed by atoms with Gasteiger partial charge in [0.05, 0.1) is 13.2 Å². The molecule has 0 unspecified atom stereocenters. The topological polar surface area (TPSA) is 236 Å². The van der Waals surface area contributed by atoms with Gasteiger partial charge < -0.3 is 51.1 Å². The Bertz CT molecular complexity index is 328. The lowest BCUT2D eigenvalue weighted by Gasteiger charge is -2.19. The number of hydrogen-bond donors (Lipinski definition) is 10. The van der Waals surface area contributed by atoms with Gasteiger partial charge in [0.2, 0.25) is 0 Å². The monoisotopic (exact) mass is 360 g/mol. The molecule has 0 aromatic rings. The van der Waals surface area contributed by atoms with Gasteiger partial charge in [0.25, 0.3) is 0 Å². The molecule has 0 spiro atoms. The van der Waals surface area contributed by atoms with Crippen LogP contribution in [-0.2, 0) is 9.59 Å². The number of carbonyl (C=O) groups excluding carboxylic acids is 2. The standard InChI is InChI=1S/2C6H12O6/c2*7-1-3(9)5(11)6(12)4(10)2-8/h2*3,5-9,11-12H,1-2H2/t3-,5+,6+;3-,5-,6+/m11/s1. The van der Waals surface area contributed by atoms with E-state index in [0.29, 0.717) is 0 Å². The lowest BCUT2D eigenvalue weighted by molar-refractivity contribution is -0.143. The van der Waals surface area contributed by atoms with Crippen LogP contribution in [0, 0.1) is 0 Å². The first-order valence-electron chi connectivity index (χ1n) is 6.66. The predicted octanol–water partition coefficient (Wildman–Crippen LogP) is -6.75. The number of aliphatic hydroxyl groups excluding tert-OH is 10. The van der Waals surface area contributed by atoms with Gasteiger partial charge in [-0.05, 0) is 0 Å². The first-order chi connectivity index (χ1) is 11.1. The summed E-state index contributed by atoms with van der Waals surface area (Å²) in [5.74, 6) is -2.01. The Kier molecular flexibility index (Phi) is 13.9. The molecule has 12 heteroatoms. The third kappa shape index (κ3) is 8.70. The van der Waals surface area contributed by atoms with E-state index in [1.165, 1.54) is 0 Å². The minimum atomic E-state index is -1.86. The number of carbonyl (C=O) groups is 2. The molecule has 0 amide bonds. The Hall–Kier alpha value is -1.06. The third-order valence-electron chi connectivity index (χ3n) is 2.78. The lowest BCUT2D eigenvalue weighted by atomic mass is 10.1. The molecule has 0 bridgehead atoms. The fraction of sp³-hybridized carbons (Fsp3) is 0.833. The van der Waals surface area contributed by atoms with E-state index in [1.54, 1.807) is 0 Å². The molecule has 24 heavy (non-hydrogen) atoms. The van der Waals surface area contributed by atoms with E-state index in [0.717, 1.165) is 0 Å². The zero-order valence-electron chi connectivity index (χ0n) is 12.6. The van der Waals surface area contributed by atoms with Gasteiger partial charge in [-0.2, -0.15) is 0 Å². The number of rotatable bonds is 10. The Morgan fingerprint density at radius 2 is 0.833 bits per heavy atom. The zero-order valence-corrected chi connectivity index (χ0v) is 12.6. The van der Waals surface area contributed by atoms with E-state index in [4.69, 9.17) is 51.1 Å². The Balaban J connectivity index is 0. The van der Waals surface area contributed by atoms with E-state index in [1.807, 2.05) is 0 Å². The number of ketones is 2. The molecule has 144 valence electrons. The molecule has 0 fully saturated rings. The summed E-state index contributed by atoms with van der Waals surface area (Å²) in [5.41, 5.74) is 0. The van der Waals surface area contributed by atoms with Crippen molar-refractivity contribution < 1.29 is 60.7 Å². The van der Waals surface area contributed by atoms with Gasteiger partial charge in [-0.25, -0.2) is 0 Å². The summed E-state index contributed by atoms with van der Waals surface area (Å²) in [7, 11) is 0. The molecular formula is C12H24O12. The van der Waals surface area contributed by atoms with Crippen LogP contribution in [0.2, 0.25) is 0 Å². The molecule has 0 saturated heterocycles. The molecule has 0 aromatic carbocycles. The van der Waals surface area contributed by atoms with Gasteiger partial charge in [0, 0.05) is 0 Å². The molecule has 0 aliphatic heterocycles. The van der Waals surface area contributed by atoms with E-state index < -0.39 is 74.6 Å². The molecule has 10 N–H and O–H groups in total. The maximum atomic E-state index is 10.5. The van der Waals surface area contributed by atoms with Crippen molar-refractivity contribution in [3.05, 3.63) is 0 Å². The summed E-state index contributed by atoms with van der Waals surface area (Å²) < 4.78 is 0. The first-order valence-corrected chi connectivity index (χ1v) is 6.66. The Morgan fingerprint density at radius 3 is 1.00 bits per heavy atom. The SMILES string of the molecule is O=C(CO)[C@H](O)[C@@H](O)[C@H](O)CO.O=C(CO)[C@H](O)[C@H](O)[C@H](O)CO. The van der Waals surface area contributed by atoms with Gasteiger partial charge in [-0.15, -0.1) is 0 Å². The summed E-state index contributed by atoms with van der Waals surface area (Å²) >= 11 is 0. The molecule has 0 saturated carbocycles. The lowest BCUT2D eigenvalue weighted by Crippen LogP contribution is -2.44. The fourth-order valence-electron chi connectivity index (χ4n) is 1.20. The highest BCUT2D eigenvalue weighted by Crippen LogP contribution is 2.01. The summed E-state index contributed by atoms with van der Waals surface area (Å²) in [5, 5.41) is 86.1. The quantitative estimate of drug-likeness (QED) is 0.175. The van der Waals surface area contributed by atoms with Crippen LogP contribution in [0.3, 0.4) is 0 Å². The Labute approximate surface area is 136 Å². The Morgan fingerprint density at radius 1 is 0.583 bits per heavy atom. The molecule has 12 nitrogen and oxygen atoms in total. The smallest absolute Gasteiger partial charge is 0.189 e. The molecular weight excluding hydrogens is 336 g/mol. The molecule has 0 rings (SSSR count). The van der Waals surface area contributed by atoms with E-state index >= 15 is 0 Å². The maximum Gasteiger partial charge on any atom is 0.189 e. The van der Waals surface area contributed by atoms with Crippen LogP contribution in [0.4, 0.5) is 0 Å². The van der Waals surface area contributed by atoms with Crippen LogP contribution in [0.25, 0.3) is 0 Å². The molecule has 6 atom stereocenters. The average Bonchev–Trinajstić information content (AvgIpc) is 2.62. The van der Waals surface area contributed by atoms with E-state index in [2.05, 4.69) is 0 Å². The van der Waals surface area contributed by atoms with Gasteiger partial charge >= 0.3 is 0 Å². The largest absolute Gasteiger partial charge is 0.394 e. The highest BCUT2D eigenvalue weighted by Gasteiger charge is 2.29. The van der Waals surface area contributed by atoms with Crippen LogP contribution in [-0.4, -0.2) is 126 Å². The fourth-order valence-corrected chi connectivity index (χ4v) is 1.20. The maximum absolute atomic E-state index is 10.5. The van der Waals surface area contributed by atoms with Gasteiger partial charge in [0.1, 0.15) is 49.8 Å². The summed E-state index contributed by atoms with van der Waals surface area (Å²) in [6.07, 6.45) is -10.4. The summed E-state index contributed by atoms with van der Waals surface area (Å²) in [6, 6.07) is 0. The second kappa shape index (κ2) is 13.3. The van der Waals surface area contributed by atoms with Crippen molar-refractivity contribution in [3.63, 3.8) is 0 Å². The minimum Gasteiger partial charge on any atom is -0.394 e. The van der Waals surface area contributed by atoms with Crippen molar-refractivity contribution in [2.75, 3.05) is 26.4 Å². The normalized spacial score (nSPS) is 18.4. The third-order valence-corrected chi connectivity index (χ3v) is 2.78.